The number of halogens is 9. The van der Waals surface area contributed by atoms with Gasteiger partial charge in [0.1, 0.15) is 11.4 Å². The molecule has 0 aliphatic carbocycles. The number of nitrogens with zero attached hydrogens (tertiary/aromatic N) is 3. The van der Waals surface area contributed by atoms with E-state index in [1.165, 1.54) is 29.2 Å². The third-order valence-electron chi connectivity index (χ3n) is 6.80. The van der Waals surface area contributed by atoms with Gasteiger partial charge in [-0.3, -0.25) is 14.7 Å². The molecule has 0 bridgehead atoms. The van der Waals surface area contributed by atoms with E-state index in [1.807, 2.05) is 0 Å². The maximum Gasteiger partial charge on any atom is 0.433 e. The normalized spacial score (nSPS) is 18.2. The third kappa shape index (κ3) is 7.52. The molecule has 0 N–H and O–H groups in total. The lowest BCUT2D eigenvalue weighted by Gasteiger charge is -2.26. The molecular weight excluding hydrogens is 581 g/mol. The Hall–Kier alpha value is -3.81. The second-order valence-corrected chi connectivity index (χ2v) is 9.78. The first kappa shape index (κ1) is 31.1. The number of amides is 1. The minimum Gasteiger partial charge on any atom is -0.484 e. The van der Waals surface area contributed by atoms with Gasteiger partial charge in [-0.15, -0.1) is 0 Å². The number of anilines is 1. The van der Waals surface area contributed by atoms with Gasteiger partial charge in [-0.2, -0.15) is 39.5 Å². The Morgan fingerprint density at radius 1 is 0.929 bits per heavy atom. The number of hydrogen-bond donors (Lipinski definition) is 0. The summed E-state index contributed by atoms with van der Waals surface area (Å²) in [6.07, 6.45) is -12.3. The lowest BCUT2D eigenvalue weighted by molar-refractivity contribution is -0.153. The molecule has 4 rings (SSSR count). The predicted octanol–water partition coefficient (Wildman–Crippen LogP) is 7.08. The summed E-state index contributed by atoms with van der Waals surface area (Å²) in [6.45, 7) is -1.31. The first-order valence-electron chi connectivity index (χ1n) is 12.5. The molecule has 2 aromatic carbocycles. The Labute approximate surface area is 234 Å². The minimum absolute atomic E-state index is 0.101. The summed E-state index contributed by atoms with van der Waals surface area (Å²) in [4.78, 5) is 20.1. The van der Waals surface area contributed by atoms with Gasteiger partial charge in [-0.1, -0.05) is 18.2 Å². The summed E-state index contributed by atoms with van der Waals surface area (Å²) in [6, 6.07) is 10.2. The molecular formula is C28H24F9N3O2. The highest BCUT2D eigenvalue weighted by atomic mass is 19.4. The smallest absolute Gasteiger partial charge is 0.433 e. The molecule has 0 saturated carbocycles. The van der Waals surface area contributed by atoms with Crippen molar-refractivity contribution in [3.63, 3.8) is 0 Å². The van der Waals surface area contributed by atoms with Crippen molar-refractivity contribution in [2.45, 2.75) is 43.5 Å². The molecule has 0 spiro atoms. The molecule has 226 valence electrons. The van der Waals surface area contributed by atoms with Crippen molar-refractivity contribution in [1.82, 2.24) is 9.88 Å². The summed E-state index contributed by atoms with van der Waals surface area (Å²) >= 11 is 0. The van der Waals surface area contributed by atoms with E-state index in [2.05, 4.69) is 4.98 Å². The Balaban J connectivity index is 1.58. The van der Waals surface area contributed by atoms with Crippen LogP contribution in [0.2, 0.25) is 0 Å². The Kier molecular flexibility index (Phi) is 8.76. The van der Waals surface area contributed by atoms with Crippen LogP contribution in [-0.2, 0) is 23.6 Å². The number of carbonyl (C=O) groups is 1. The zero-order valence-corrected chi connectivity index (χ0v) is 21.9. The van der Waals surface area contributed by atoms with E-state index in [1.54, 1.807) is 18.0 Å². The topological polar surface area (TPSA) is 45.7 Å². The molecule has 1 aliphatic heterocycles. The van der Waals surface area contributed by atoms with Crippen LogP contribution in [0, 0.1) is 0 Å². The number of rotatable bonds is 8. The van der Waals surface area contributed by atoms with E-state index < -0.39 is 54.4 Å². The molecule has 1 aliphatic rings. The Bertz CT molecular complexity index is 1370. The number of alkyl halides is 9. The maximum absolute atomic E-state index is 13.7. The first-order valence-corrected chi connectivity index (χ1v) is 12.5. The number of aromatic nitrogens is 1. The van der Waals surface area contributed by atoms with Crippen molar-refractivity contribution >= 4 is 11.6 Å². The fourth-order valence-electron chi connectivity index (χ4n) is 4.68. The number of benzene rings is 2. The lowest BCUT2D eigenvalue weighted by atomic mass is 10.0. The quantitative estimate of drug-likeness (QED) is 0.258. The largest absolute Gasteiger partial charge is 0.484 e. The van der Waals surface area contributed by atoms with Crippen molar-refractivity contribution in [3.05, 3.63) is 89.2 Å². The van der Waals surface area contributed by atoms with Gasteiger partial charge in [0.15, 0.2) is 6.61 Å². The maximum atomic E-state index is 13.7. The van der Waals surface area contributed by atoms with Gasteiger partial charge in [-0.05, 0) is 73.5 Å². The van der Waals surface area contributed by atoms with Gasteiger partial charge in [0.05, 0.1) is 17.6 Å². The zero-order chi connectivity index (χ0) is 30.9. The van der Waals surface area contributed by atoms with Crippen LogP contribution < -0.4 is 9.64 Å². The molecule has 3 aromatic rings. The van der Waals surface area contributed by atoms with Gasteiger partial charge in [0.25, 0.3) is 0 Å². The van der Waals surface area contributed by atoms with Crippen molar-refractivity contribution in [2.24, 2.45) is 0 Å². The predicted molar refractivity (Wildman–Crippen MR) is 134 cm³/mol. The summed E-state index contributed by atoms with van der Waals surface area (Å²) in [5, 5.41) is 0. The summed E-state index contributed by atoms with van der Waals surface area (Å²) in [5.41, 5.74) is -0.906. The second kappa shape index (κ2) is 11.8. The average molecular weight is 606 g/mol. The van der Waals surface area contributed by atoms with Gasteiger partial charge in [0, 0.05) is 18.4 Å². The second-order valence-electron chi connectivity index (χ2n) is 9.78. The van der Waals surface area contributed by atoms with Crippen LogP contribution in [0.5, 0.6) is 5.75 Å². The van der Waals surface area contributed by atoms with Crippen LogP contribution in [0.25, 0.3) is 0 Å². The Morgan fingerprint density at radius 3 is 2.19 bits per heavy atom. The third-order valence-corrected chi connectivity index (χ3v) is 6.80. The summed E-state index contributed by atoms with van der Waals surface area (Å²) in [7, 11) is 1.62. The van der Waals surface area contributed by atoms with E-state index in [9.17, 15) is 44.3 Å². The van der Waals surface area contributed by atoms with Crippen LogP contribution in [0.1, 0.15) is 34.8 Å². The van der Waals surface area contributed by atoms with Crippen molar-refractivity contribution in [2.75, 3.05) is 25.1 Å². The molecule has 0 radical (unpaired) electrons. The van der Waals surface area contributed by atoms with Crippen LogP contribution >= 0.6 is 0 Å². The van der Waals surface area contributed by atoms with Crippen molar-refractivity contribution < 1.29 is 49.0 Å². The fraction of sp³-hybridized carbons (Fsp3) is 0.357. The first-order chi connectivity index (χ1) is 19.5. The number of carbonyl (C=O) groups excluding carboxylic acids is 1. The van der Waals surface area contributed by atoms with Gasteiger partial charge >= 0.3 is 18.5 Å². The van der Waals surface area contributed by atoms with E-state index in [0.29, 0.717) is 11.1 Å². The number of hydrogen-bond acceptors (Lipinski definition) is 4. The molecule has 2 atom stereocenters. The SMILES string of the molecule is CN(CCc1ccc(C(F)(F)F)nc1)[C@@H]1C[C@H](c2cccc(OCC(F)(F)F)c2)N(c2ccc(C(F)(F)F)cc2)C1=O. The van der Waals surface area contributed by atoms with E-state index in [4.69, 9.17) is 4.74 Å². The number of ether oxygens (including phenoxy) is 1. The van der Waals surface area contributed by atoms with Crippen LogP contribution in [-0.4, -0.2) is 48.2 Å². The highest BCUT2D eigenvalue weighted by molar-refractivity contribution is 6.00. The number of pyridine rings is 1. The molecule has 2 heterocycles. The lowest BCUT2D eigenvalue weighted by Crippen LogP contribution is -2.40. The molecule has 1 aromatic heterocycles. The van der Waals surface area contributed by atoms with E-state index in [-0.39, 0.29) is 30.8 Å². The molecule has 1 fully saturated rings. The van der Waals surface area contributed by atoms with Gasteiger partial charge in [0.2, 0.25) is 5.91 Å². The molecule has 1 saturated heterocycles. The van der Waals surface area contributed by atoms with Crippen molar-refractivity contribution in [1.29, 1.82) is 0 Å². The molecule has 0 unspecified atom stereocenters. The zero-order valence-electron chi connectivity index (χ0n) is 21.9. The minimum atomic E-state index is -4.60. The summed E-state index contributed by atoms with van der Waals surface area (Å²) in [5.74, 6) is -0.564. The highest BCUT2D eigenvalue weighted by Crippen LogP contribution is 2.41. The molecule has 5 nitrogen and oxygen atoms in total. The Morgan fingerprint density at radius 2 is 1.62 bits per heavy atom. The van der Waals surface area contributed by atoms with Crippen LogP contribution in [0.4, 0.5) is 45.2 Å². The van der Waals surface area contributed by atoms with E-state index in [0.717, 1.165) is 36.5 Å². The highest BCUT2D eigenvalue weighted by Gasteiger charge is 2.43. The molecule has 14 heteroatoms. The van der Waals surface area contributed by atoms with Crippen LogP contribution in [0.15, 0.2) is 66.9 Å². The summed E-state index contributed by atoms with van der Waals surface area (Å²) < 4.78 is 121. The van der Waals surface area contributed by atoms with Crippen molar-refractivity contribution in [3.8, 4) is 5.75 Å². The number of likely N-dealkylation sites (N-methyl/N-ethyl adjacent to an activating group) is 1. The van der Waals surface area contributed by atoms with Gasteiger partial charge in [-0.25, -0.2) is 0 Å². The van der Waals surface area contributed by atoms with Crippen LogP contribution in [0.3, 0.4) is 0 Å². The monoisotopic (exact) mass is 605 g/mol. The molecule has 1 amide bonds. The molecule has 42 heavy (non-hydrogen) atoms. The van der Waals surface area contributed by atoms with Gasteiger partial charge < -0.3 is 9.64 Å². The standard InChI is InChI=1S/C28H24F9N3O2/c1-39(12-11-17-5-10-24(38-15-17)28(35,36)37)23-14-22(18-3-2-4-21(13-18)42-16-26(29,30)31)40(25(23)41)20-8-6-19(7-9-20)27(32,33)34/h2-10,13,15,22-23H,11-12,14,16H2,1H3/t22-,23-/m1/s1. The van der Waals surface area contributed by atoms with E-state index >= 15 is 0 Å². The fourth-order valence-corrected chi connectivity index (χ4v) is 4.68. The average Bonchev–Trinajstić information content (AvgIpc) is 3.26.